The van der Waals surface area contributed by atoms with E-state index in [0.717, 1.165) is 0 Å². The maximum Gasteiger partial charge on any atom is 0.331 e. The number of aryl methyl sites for hydroxylation is 1. The van der Waals surface area contributed by atoms with Gasteiger partial charge in [0.25, 0.3) is 5.91 Å². The van der Waals surface area contributed by atoms with Gasteiger partial charge in [0.2, 0.25) is 0 Å². The number of thiazole rings is 1. The second-order valence-corrected chi connectivity index (χ2v) is 7.35. The van der Waals surface area contributed by atoms with Crippen molar-refractivity contribution in [1.82, 2.24) is 24.6 Å². The van der Waals surface area contributed by atoms with Crippen LogP contribution in [0.15, 0.2) is 10.9 Å². The first kappa shape index (κ1) is 16.6. The number of aromatic nitrogens is 4. The summed E-state index contributed by atoms with van der Waals surface area (Å²) in [5, 5.41) is 9.79. The predicted molar refractivity (Wildman–Crippen MR) is 86.4 cm³/mol. The zero-order valence-corrected chi connectivity index (χ0v) is 14.8. The summed E-state index contributed by atoms with van der Waals surface area (Å²) >= 11 is 1.33. The first-order valence-electron chi connectivity index (χ1n) is 7.57. The zero-order chi connectivity index (χ0) is 17.5. The van der Waals surface area contributed by atoms with Crippen LogP contribution in [-0.4, -0.2) is 48.2 Å². The quantitative estimate of drug-likeness (QED) is 0.762. The highest BCUT2D eigenvalue weighted by Crippen LogP contribution is 2.23. The Morgan fingerprint density at radius 2 is 2.08 bits per heavy atom. The summed E-state index contributed by atoms with van der Waals surface area (Å²) in [6.07, 6.45) is 0. The van der Waals surface area contributed by atoms with Crippen LogP contribution in [0.25, 0.3) is 0 Å². The molecule has 1 aliphatic rings. The fourth-order valence-electron chi connectivity index (χ4n) is 2.56. The van der Waals surface area contributed by atoms with Crippen molar-refractivity contribution in [3.8, 4) is 0 Å². The molecule has 0 spiro atoms. The third-order valence-corrected chi connectivity index (χ3v) is 4.23. The summed E-state index contributed by atoms with van der Waals surface area (Å²) < 4.78 is 7.35. The fraction of sp³-hybridized carbons (Fsp3) is 0.533. The summed E-state index contributed by atoms with van der Waals surface area (Å²) in [6.45, 7) is 7.70. The van der Waals surface area contributed by atoms with Crippen LogP contribution in [0.5, 0.6) is 0 Å². The molecule has 1 amide bonds. The molecule has 0 aromatic carbocycles. The minimum Gasteiger partial charge on any atom is -0.458 e. The van der Waals surface area contributed by atoms with E-state index < -0.39 is 17.6 Å². The van der Waals surface area contributed by atoms with Gasteiger partial charge in [-0.15, -0.1) is 21.5 Å². The van der Waals surface area contributed by atoms with E-state index in [2.05, 4.69) is 15.2 Å². The van der Waals surface area contributed by atoms with Gasteiger partial charge < -0.3 is 14.2 Å². The number of nitrogens with zero attached hydrogens (tertiary/aromatic N) is 5. The third-order valence-electron chi connectivity index (χ3n) is 3.65. The van der Waals surface area contributed by atoms with Gasteiger partial charge >= 0.3 is 5.97 Å². The van der Waals surface area contributed by atoms with E-state index in [1.165, 1.54) is 16.2 Å². The van der Waals surface area contributed by atoms with Crippen LogP contribution in [0.4, 0.5) is 0 Å². The van der Waals surface area contributed by atoms with Crippen LogP contribution in [0, 0.1) is 6.92 Å². The van der Waals surface area contributed by atoms with Gasteiger partial charge in [0.1, 0.15) is 23.2 Å². The molecule has 2 aromatic heterocycles. The molecule has 8 nitrogen and oxygen atoms in total. The Morgan fingerprint density at radius 1 is 1.33 bits per heavy atom. The standard InChI is InChI=1S/C15H19N5O3S/c1-9-17-18-12-6-20(13(21)10-7-24-8-16-10)11(5-19(9)12)14(22)23-15(2,3)4/h7-8,11H,5-6H2,1-4H3. The highest BCUT2D eigenvalue weighted by Gasteiger charge is 2.39. The Balaban J connectivity index is 1.93. The Bertz CT molecular complexity index is 763. The van der Waals surface area contributed by atoms with Crippen molar-refractivity contribution in [3.05, 3.63) is 28.2 Å². The fourth-order valence-corrected chi connectivity index (χ4v) is 3.09. The molecule has 128 valence electrons. The van der Waals surface area contributed by atoms with Gasteiger partial charge in [0, 0.05) is 5.38 Å². The van der Waals surface area contributed by atoms with Crippen molar-refractivity contribution in [2.24, 2.45) is 0 Å². The minimum absolute atomic E-state index is 0.196. The lowest BCUT2D eigenvalue weighted by molar-refractivity contribution is -0.162. The minimum atomic E-state index is -0.736. The molecule has 0 aliphatic carbocycles. The van der Waals surface area contributed by atoms with E-state index in [0.29, 0.717) is 17.3 Å². The molecule has 0 bridgehead atoms. The SMILES string of the molecule is Cc1nnc2n1CC(C(=O)OC(C)(C)C)N(C(=O)c1cscn1)C2. The molecule has 3 rings (SSSR count). The Hall–Kier alpha value is -2.29. The molecule has 1 atom stereocenters. The molecule has 9 heteroatoms. The summed E-state index contributed by atoms with van der Waals surface area (Å²) in [5.74, 6) is 0.610. The Labute approximate surface area is 143 Å². The molecular formula is C15H19N5O3S. The van der Waals surface area contributed by atoms with Crippen molar-refractivity contribution >= 4 is 23.2 Å². The molecule has 0 N–H and O–H groups in total. The maximum atomic E-state index is 12.8. The molecule has 0 saturated heterocycles. The van der Waals surface area contributed by atoms with Crippen molar-refractivity contribution in [2.45, 2.75) is 52.4 Å². The van der Waals surface area contributed by atoms with Gasteiger partial charge in [-0.1, -0.05) is 0 Å². The average molecular weight is 349 g/mol. The Kier molecular flexibility index (Phi) is 4.12. The normalized spacial score (nSPS) is 17.5. The zero-order valence-electron chi connectivity index (χ0n) is 14.0. The topological polar surface area (TPSA) is 90.2 Å². The summed E-state index contributed by atoms with van der Waals surface area (Å²) in [6, 6.07) is -0.736. The van der Waals surface area contributed by atoms with Gasteiger partial charge in [-0.3, -0.25) is 4.79 Å². The van der Waals surface area contributed by atoms with Crippen molar-refractivity contribution in [2.75, 3.05) is 0 Å². The Morgan fingerprint density at radius 3 is 2.71 bits per heavy atom. The molecule has 0 radical (unpaired) electrons. The van der Waals surface area contributed by atoms with Gasteiger partial charge in [0.15, 0.2) is 5.82 Å². The molecule has 0 saturated carbocycles. The van der Waals surface area contributed by atoms with Crippen LogP contribution in [0.2, 0.25) is 0 Å². The summed E-state index contributed by atoms with van der Waals surface area (Å²) in [4.78, 5) is 30.9. The highest BCUT2D eigenvalue weighted by molar-refractivity contribution is 7.07. The van der Waals surface area contributed by atoms with E-state index in [4.69, 9.17) is 4.74 Å². The molecular weight excluding hydrogens is 330 g/mol. The number of hydrogen-bond acceptors (Lipinski definition) is 7. The number of carbonyl (C=O) groups is 2. The number of ether oxygens (including phenoxy) is 1. The van der Waals surface area contributed by atoms with Crippen LogP contribution >= 0.6 is 11.3 Å². The highest BCUT2D eigenvalue weighted by atomic mass is 32.1. The second kappa shape index (κ2) is 5.97. The van der Waals surface area contributed by atoms with Gasteiger partial charge in [-0.05, 0) is 27.7 Å². The summed E-state index contributed by atoms with van der Waals surface area (Å²) in [5.41, 5.74) is 1.28. The largest absolute Gasteiger partial charge is 0.458 e. The number of fused-ring (bicyclic) bond motifs is 1. The van der Waals surface area contributed by atoms with Crippen LogP contribution in [0.1, 0.15) is 42.9 Å². The van der Waals surface area contributed by atoms with E-state index in [1.807, 2.05) is 11.5 Å². The van der Waals surface area contributed by atoms with Crippen LogP contribution in [0.3, 0.4) is 0 Å². The molecule has 1 aliphatic heterocycles. The second-order valence-electron chi connectivity index (χ2n) is 6.63. The van der Waals surface area contributed by atoms with E-state index in [1.54, 1.807) is 31.7 Å². The van der Waals surface area contributed by atoms with Crippen LogP contribution in [-0.2, 0) is 22.6 Å². The van der Waals surface area contributed by atoms with E-state index in [9.17, 15) is 9.59 Å². The number of amides is 1. The van der Waals surface area contributed by atoms with Gasteiger partial charge in [0.05, 0.1) is 18.6 Å². The number of carbonyl (C=O) groups excluding carboxylic acids is 2. The van der Waals surface area contributed by atoms with Crippen LogP contribution < -0.4 is 0 Å². The lowest BCUT2D eigenvalue weighted by Crippen LogP contribution is -2.52. The van der Waals surface area contributed by atoms with Crippen molar-refractivity contribution in [3.63, 3.8) is 0 Å². The number of rotatable bonds is 2. The van der Waals surface area contributed by atoms with E-state index >= 15 is 0 Å². The first-order chi connectivity index (χ1) is 11.3. The van der Waals surface area contributed by atoms with E-state index in [-0.39, 0.29) is 19.0 Å². The smallest absolute Gasteiger partial charge is 0.331 e. The molecule has 1 unspecified atom stereocenters. The number of esters is 1. The maximum absolute atomic E-state index is 12.8. The first-order valence-corrected chi connectivity index (χ1v) is 8.51. The third kappa shape index (κ3) is 3.16. The van der Waals surface area contributed by atoms with Crippen molar-refractivity contribution in [1.29, 1.82) is 0 Å². The molecule has 0 fully saturated rings. The molecule has 24 heavy (non-hydrogen) atoms. The average Bonchev–Trinajstić information content (AvgIpc) is 3.14. The monoisotopic (exact) mass is 349 g/mol. The number of hydrogen-bond donors (Lipinski definition) is 0. The lowest BCUT2D eigenvalue weighted by Gasteiger charge is -2.35. The summed E-state index contributed by atoms with van der Waals surface area (Å²) in [7, 11) is 0. The van der Waals surface area contributed by atoms with Gasteiger partial charge in [-0.25, -0.2) is 9.78 Å². The van der Waals surface area contributed by atoms with Crippen molar-refractivity contribution < 1.29 is 14.3 Å². The van der Waals surface area contributed by atoms with Gasteiger partial charge in [-0.2, -0.15) is 0 Å². The predicted octanol–water partition coefficient (Wildman–Crippen LogP) is 1.41. The molecule has 2 aromatic rings. The molecule has 3 heterocycles. The lowest BCUT2D eigenvalue weighted by atomic mass is 10.1.